The van der Waals surface area contributed by atoms with E-state index < -0.39 is 12.1 Å². The van der Waals surface area contributed by atoms with Gasteiger partial charge in [0, 0.05) is 12.5 Å². The number of hydrogen-bond donors (Lipinski definition) is 2. The third-order valence-corrected chi connectivity index (χ3v) is 3.61. The summed E-state index contributed by atoms with van der Waals surface area (Å²) in [5, 5.41) is 14.6. The van der Waals surface area contributed by atoms with E-state index in [2.05, 4.69) is 60.5 Å². The average molecular weight is 387 g/mol. The molecule has 0 radical (unpaired) electrons. The van der Waals surface area contributed by atoms with E-state index in [0.29, 0.717) is 11.9 Å². The first-order chi connectivity index (χ1) is 12.5. The van der Waals surface area contributed by atoms with Crippen LogP contribution in [0.3, 0.4) is 0 Å². The van der Waals surface area contributed by atoms with Crippen LogP contribution in [0, 0.1) is 6.92 Å². The standard InChI is InChI=1S/C16H23N3O.C2HF3O2/c1-5-15-18-16(20-19-15)13(4)17-12(3)10-14-8-6-11(2)7-9-14;3-2(4,5)1(6)7/h6-9,12-13,17H,5,10H2,1-4H3;(H,6,7). The Morgan fingerprint density at radius 3 is 2.26 bits per heavy atom. The highest BCUT2D eigenvalue weighted by atomic mass is 19.4. The molecule has 2 rings (SSSR count). The molecule has 2 atom stereocenters. The topological polar surface area (TPSA) is 88.3 Å². The number of aryl methyl sites for hydroxylation is 2. The van der Waals surface area contributed by atoms with Crippen molar-refractivity contribution < 1.29 is 27.6 Å². The van der Waals surface area contributed by atoms with Crippen molar-refractivity contribution in [3.8, 4) is 0 Å². The van der Waals surface area contributed by atoms with E-state index in [4.69, 9.17) is 14.4 Å². The van der Waals surface area contributed by atoms with Gasteiger partial charge in [-0.3, -0.25) is 0 Å². The van der Waals surface area contributed by atoms with E-state index in [9.17, 15) is 13.2 Å². The van der Waals surface area contributed by atoms with E-state index in [1.54, 1.807) is 0 Å². The highest BCUT2D eigenvalue weighted by Crippen LogP contribution is 2.14. The Labute approximate surface area is 155 Å². The van der Waals surface area contributed by atoms with Gasteiger partial charge in [-0.1, -0.05) is 41.9 Å². The summed E-state index contributed by atoms with van der Waals surface area (Å²) >= 11 is 0. The summed E-state index contributed by atoms with van der Waals surface area (Å²) in [6, 6.07) is 9.08. The lowest BCUT2D eigenvalue weighted by Gasteiger charge is -2.17. The Kier molecular flexibility index (Phi) is 8.42. The number of halogens is 3. The second-order valence-corrected chi connectivity index (χ2v) is 6.18. The molecular formula is C18H24F3N3O3. The molecule has 0 saturated heterocycles. The Morgan fingerprint density at radius 1 is 1.26 bits per heavy atom. The van der Waals surface area contributed by atoms with Gasteiger partial charge in [0.15, 0.2) is 5.82 Å². The number of alkyl halides is 3. The molecule has 0 bridgehead atoms. The largest absolute Gasteiger partial charge is 0.490 e. The van der Waals surface area contributed by atoms with Crippen LogP contribution in [0.5, 0.6) is 0 Å². The van der Waals surface area contributed by atoms with Gasteiger partial charge in [-0.15, -0.1) is 0 Å². The van der Waals surface area contributed by atoms with Crippen molar-refractivity contribution in [3.63, 3.8) is 0 Å². The summed E-state index contributed by atoms with van der Waals surface area (Å²) in [6.45, 7) is 8.35. The van der Waals surface area contributed by atoms with Crippen LogP contribution < -0.4 is 5.32 Å². The highest BCUT2D eigenvalue weighted by Gasteiger charge is 2.38. The number of carboxylic acid groups (broad SMARTS) is 1. The zero-order valence-electron chi connectivity index (χ0n) is 15.7. The van der Waals surface area contributed by atoms with Crippen molar-refractivity contribution in [2.24, 2.45) is 0 Å². The quantitative estimate of drug-likeness (QED) is 0.783. The number of nitrogens with zero attached hydrogens (tertiary/aromatic N) is 2. The molecule has 0 saturated carbocycles. The van der Waals surface area contributed by atoms with Gasteiger partial charge >= 0.3 is 12.1 Å². The van der Waals surface area contributed by atoms with Crippen molar-refractivity contribution in [1.29, 1.82) is 0 Å². The smallest absolute Gasteiger partial charge is 0.475 e. The van der Waals surface area contributed by atoms with Crippen molar-refractivity contribution in [1.82, 2.24) is 15.5 Å². The predicted molar refractivity (Wildman–Crippen MR) is 93.3 cm³/mol. The molecule has 2 N–H and O–H groups in total. The van der Waals surface area contributed by atoms with Gasteiger partial charge in [-0.25, -0.2) is 4.79 Å². The summed E-state index contributed by atoms with van der Waals surface area (Å²) < 4.78 is 37.0. The van der Waals surface area contributed by atoms with Crippen LogP contribution >= 0.6 is 0 Å². The Balaban J connectivity index is 0.000000445. The first kappa shape index (κ1) is 22.6. The molecular weight excluding hydrogens is 363 g/mol. The summed E-state index contributed by atoms with van der Waals surface area (Å²) in [7, 11) is 0. The fraction of sp³-hybridized carbons (Fsp3) is 0.500. The molecule has 0 amide bonds. The monoisotopic (exact) mass is 387 g/mol. The zero-order chi connectivity index (χ0) is 20.6. The van der Waals surface area contributed by atoms with Gasteiger partial charge < -0.3 is 14.9 Å². The predicted octanol–water partition coefficient (Wildman–Crippen LogP) is 3.86. The fourth-order valence-corrected chi connectivity index (χ4v) is 2.22. The number of carboxylic acids is 1. The normalized spacial score (nSPS) is 13.4. The lowest BCUT2D eigenvalue weighted by atomic mass is 10.1. The minimum Gasteiger partial charge on any atom is -0.475 e. The van der Waals surface area contributed by atoms with E-state index in [0.717, 1.165) is 18.7 Å². The maximum Gasteiger partial charge on any atom is 0.490 e. The molecule has 0 aliphatic heterocycles. The van der Waals surface area contributed by atoms with Gasteiger partial charge in [0.2, 0.25) is 5.89 Å². The minimum atomic E-state index is -5.08. The van der Waals surface area contributed by atoms with Crippen molar-refractivity contribution in [3.05, 3.63) is 47.1 Å². The SMILES string of the molecule is CCc1noc(C(C)NC(C)Cc2ccc(C)cc2)n1.O=C(O)C(F)(F)F. The number of hydrogen-bond acceptors (Lipinski definition) is 5. The van der Waals surface area contributed by atoms with E-state index in [1.807, 2.05) is 6.92 Å². The molecule has 0 fully saturated rings. The second kappa shape index (κ2) is 10.1. The molecule has 1 aromatic carbocycles. The van der Waals surface area contributed by atoms with Gasteiger partial charge in [0.05, 0.1) is 6.04 Å². The molecule has 0 aliphatic carbocycles. The van der Waals surface area contributed by atoms with E-state index in [1.165, 1.54) is 11.1 Å². The van der Waals surface area contributed by atoms with Crippen molar-refractivity contribution in [2.75, 3.05) is 0 Å². The Bertz CT molecular complexity index is 715. The third kappa shape index (κ3) is 8.21. The molecule has 2 aromatic rings. The van der Waals surface area contributed by atoms with Gasteiger partial charge in [0.25, 0.3) is 0 Å². The van der Waals surface area contributed by atoms with Crippen molar-refractivity contribution >= 4 is 5.97 Å². The second-order valence-electron chi connectivity index (χ2n) is 6.18. The van der Waals surface area contributed by atoms with Crippen LogP contribution in [0.1, 0.15) is 49.7 Å². The van der Waals surface area contributed by atoms with Crippen LogP contribution in [0.4, 0.5) is 13.2 Å². The number of aliphatic carboxylic acids is 1. The van der Waals surface area contributed by atoms with Crippen molar-refractivity contribution in [2.45, 2.75) is 58.8 Å². The molecule has 0 spiro atoms. The number of aromatic nitrogens is 2. The number of benzene rings is 1. The molecule has 150 valence electrons. The molecule has 1 heterocycles. The van der Waals surface area contributed by atoms with Gasteiger partial charge in [-0.2, -0.15) is 18.2 Å². The van der Waals surface area contributed by atoms with E-state index >= 15 is 0 Å². The fourth-order valence-electron chi connectivity index (χ4n) is 2.22. The molecule has 2 unspecified atom stereocenters. The average Bonchev–Trinajstić information content (AvgIpc) is 3.06. The summed E-state index contributed by atoms with van der Waals surface area (Å²) in [6.07, 6.45) is -3.30. The number of nitrogens with one attached hydrogen (secondary N) is 1. The third-order valence-electron chi connectivity index (χ3n) is 3.61. The zero-order valence-corrected chi connectivity index (χ0v) is 15.7. The van der Waals surface area contributed by atoms with Crippen LogP contribution in [-0.2, 0) is 17.6 Å². The minimum absolute atomic E-state index is 0.0725. The Hall–Kier alpha value is -2.42. The van der Waals surface area contributed by atoms with Gasteiger partial charge in [-0.05, 0) is 32.8 Å². The van der Waals surface area contributed by atoms with Crippen LogP contribution in [0.15, 0.2) is 28.8 Å². The highest BCUT2D eigenvalue weighted by molar-refractivity contribution is 5.73. The lowest BCUT2D eigenvalue weighted by Crippen LogP contribution is -2.30. The van der Waals surface area contributed by atoms with Crippen LogP contribution in [0.25, 0.3) is 0 Å². The first-order valence-corrected chi connectivity index (χ1v) is 8.47. The number of carbonyl (C=O) groups is 1. The van der Waals surface area contributed by atoms with Crippen LogP contribution in [-0.4, -0.2) is 33.4 Å². The summed E-state index contributed by atoms with van der Waals surface area (Å²) in [5.41, 5.74) is 2.63. The molecule has 9 heteroatoms. The first-order valence-electron chi connectivity index (χ1n) is 8.47. The molecule has 1 aromatic heterocycles. The molecule has 0 aliphatic rings. The maximum absolute atomic E-state index is 10.6. The van der Waals surface area contributed by atoms with Crippen LogP contribution in [0.2, 0.25) is 0 Å². The Morgan fingerprint density at radius 2 is 1.81 bits per heavy atom. The van der Waals surface area contributed by atoms with E-state index in [-0.39, 0.29) is 6.04 Å². The van der Waals surface area contributed by atoms with Gasteiger partial charge in [0.1, 0.15) is 0 Å². The molecule has 6 nitrogen and oxygen atoms in total. The molecule has 27 heavy (non-hydrogen) atoms. The number of rotatable bonds is 6. The maximum atomic E-state index is 10.6. The summed E-state index contributed by atoms with van der Waals surface area (Å²) in [5.74, 6) is -1.33. The summed E-state index contributed by atoms with van der Waals surface area (Å²) in [4.78, 5) is 13.3. The lowest BCUT2D eigenvalue weighted by molar-refractivity contribution is -0.192.